The standard InChI is InChI=1S/C24H29F2N5O4/c25-16-11-24(12-16,19(32)20(27)33)30-22(35)18(13-23(26)6-1-2-7-23)29-21(34)15-4-3-5-17(10-15)31-9-8-28-14-31/h3-5,8-10,14,16,18-19,32H,1-2,6-7,11-13H2,(H2,27,33)(H,29,34)(H,30,35)/t16?,18-,19?,24?/m0/s1. The first kappa shape index (κ1) is 24.8. The number of halogens is 2. The number of aliphatic hydroxyl groups is 1. The molecule has 2 saturated carbocycles. The number of benzene rings is 1. The van der Waals surface area contributed by atoms with Crippen molar-refractivity contribution in [3.05, 3.63) is 48.5 Å². The van der Waals surface area contributed by atoms with Crippen LogP contribution >= 0.6 is 0 Å². The van der Waals surface area contributed by atoms with Crippen LogP contribution in [0.5, 0.6) is 0 Å². The van der Waals surface area contributed by atoms with Gasteiger partial charge in [-0.3, -0.25) is 14.4 Å². The van der Waals surface area contributed by atoms with E-state index in [0.717, 1.165) is 0 Å². The molecule has 0 spiro atoms. The van der Waals surface area contributed by atoms with Gasteiger partial charge in [0.15, 0.2) is 6.10 Å². The van der Waals surface area contributed by atoms with Crippen molar-refractivity contribution in [3.8, 4) is 5.69 Å². The Hall–Kier alpha value is -3.34. The van der Waals surface area contributed by atoms with Gasteiger partial charge in [0.05, 0.1) is 11.9 Å². The molecule has 2 atom stereocenters. The van der Waals surface area contributed by atoms with E-state index in [1.165, 1.54) is 0 Å². The Labute approximate surface area is 201 Å². The summed E-state index contributed by atoms with van der Waals surface area (Å²) in [6, 6.07) is 5.30. The zero-order valence-electron chi connectivity index (χ0n) is 19.1. The molecular formula is C24H29F2N5O4. The molecule has 2 aromatic rings. The molecule has 4 rings (SSSR count). The fraction of sp³-hybridized carbons (Fsp3) is 0.500. The number of amides is 3. The Morgan fingerprint density at radius 3 is 2.57 bits per heavy atom. The molecular weight excluding hydrogens is 460 g/mol. The average molecular weight is 490 g/mol. The van der Waals surface area contributed by atoms with Gasteiger partial charge in [-0.15, -0.1) is 0 Å². The summed E-state index contributed by atoms with van der Waals surface area (Å²) in [4.78, 5) is 41.9. The van der Waals surface area contributed by atoms with Crippen molar-refractivity contribution in [1.29, 1.82) is 0 Å². The largest absolute Gasteiger partial charge is 0.381 e. The molecule has 2 fully saturated rings. The molecule has 3 amide bonds. The molecule has 0 bridgehead atoms. The number of nitrogens with two attached hydrogens (primary N) is 1. The fourth-order valence-electron chi connectivity index (χ4n) is 4.98. The molecule has 2 aliphatic rings. The number of primary amides is 1. The number of hydrogen-bond donors (Lipinski definition) is 4. The molecule has 1 heterocycles. The van der Waals surface area contributed by atoms with Crippen LogP contribution in [0.25, 0.3) is 5.69 Å². The summed E-state index contributed by atoms with van der Waals surface area (Å²) in [7, 11) is 0. The van der Waals surface area contributed by atoms with Crippen LogP contribution in [0.1, 0.15) is 55.3 Å². The van der Waals surface area contributed by atoms with Crippen molar-refractivity contribution in [2.45, 2.75) is 74.5 Å². The third kappa shape index (κ3) is 5.34. The van der Waals surface area contributed by atoms with Gasteiger partial charge in [0.2, 0.25) is 11.8 Å². The smallest absolute Gasteiger partial charge is 0.252 e. The van der Waals surface area contributed by atoms with Crippen molar-refractivity contribution >= 4 is 17.7 Å². The normalized spacial score (nSPS) is 24.7. The number of carbonyl (C=O) groups is 3. The van der Waals surface area contributed by atoms with Crippen molar-refractivity contribution in [3.63, 3.8) is 0 Å². The van der Waals surface area contributed by atoms with Crippen LogP contribution in [0, 0.1) is 0 Å². The maximum atomic E-state index is 15.4. The van der Waals surface area contributed by atoms with Gasteiger partial charge in [-0.25, -0.2) is 13.8 Å². The predicted octanol–water partition coefficient (Wildman–Crippen LogP) is 1.48. The summed E-state index contributed by atoms with van der Waals surface area (Å²) < 4.78 is 30.8. The molecule has 35 heavy (non-hydrogen) atoms. The maximum absolute atomic E-state index is 15.4. The highest BCUT2D eigenvalue weighted by Crippen LogP contribution is 2.39. The lowest BCUT2D eigenvalue weighted by Gasteiger charge is -2.47. The number of imidazole rings is 1. The molecule has 1 aromatic heterocycles. The van der Waals surface area contributed by atoms with Crippen molar-refractivity contribution in [2.75, 3.05) is 0 Å². The van der Waals surface area contributed by atoms with E-state index in [2.05, 4.69) is 15.6 Å². The van der Waals surface area contributed by atoms with Crippen molar-refractivity contribution in [2.24, 2.45) is 5.73 Å². The van der Waals surface area contributed by atoms with Gasteiger partial charge in [-0.1, -0.05) is 18.9 Å². The average Bonchev–Trinajstić information content (AvgIpc) is 3.49. The molecule has 0 saturated heterocycles. The van der Waals surface area contributed by atoms with Crippen LogP contribution in [-0.4, -0.2) is 61.9 Å². The first-order valence-corrected chi connectivity index (χ1v) is 11.6. The minimum absolute atomic E-state index is 0.243. The van der Waals surface area contributed by atoms with Crippen LogP contribution in [0.4, 0.5) is 8.78 Å². The summed E-state index contributed by atoms with van der Waals surface area (Å²) >= 11 is 0. The van der Waals surface area contributed by atoms with Crippen LogP contribution in [0.3, 0.4) is 0 Å². The summed E-state index contributed by atoms with van der Waals surface area (Å²) in [6.07, 6.45) is 2.67. The van der Waals surface area contributed by atoms with E-state index in [1.54, 1.807) is 47.6 Å². The van der Waals surface area contributed by atoms with Crippen molar-refractivity contribution < 1.29 is 28.3 Å². The summed E-state index contributed by atoms with van der Waals surface area (Å²) in [5.41, 5.74) is 2.87. The lowest BCUT2D eigenvalue weighted by atomic mass is 9.70. The van der Waals surface area contributed by atoms with E-state index in [4.69, 9.17) is 5.73 Å². The summed E-state index contributed by atoms with van der Waals surface area (Å²) in [5.74, 6) is -2.51. The third-order valence-electron chi connectivity index (χ3n) is 6.94. The lowest BCUT2D eigenvalue weighted by molar-refractivity contribution is -0.142. The molecule has 0 radical (unpaired) electrons. The second-order valence-electron chi connectivity index (χ2n) is 9.56. The molecule has 5 N–H and O–H groups in total. The molecule has 188 valence electrons. The van der Waals surface area contributed by atoms with Crippen molar-refractivity contribution in [1.82, 2.24) is 20.2 Å². The first-order chi connectivity index (χ1) is 16.6. The van der Waals surface area contributed by atoms with E-state index in [-0.39, 0.29) is 37.7 Å². The van der Waals surface area contributed by atoms with E-state index in [0.29, 0.717) is 18.5 Å². The monoisotopic (exact) mass is 489 g/mol. The van der Waals surface area contributed by atoms with E-state index in [1.807, 2.05) is 0 Å². The van der Waals surface area contributed by atoms with Crippen LogP contribution in [0.2, 0.25) is 0 Å². The first-order valence-electron chi connectivity index (χ1n) is 11.6. The Balaban J connectivity index is 1.55. The molecule has 2 aliphatic carbocycles. The van der Waals surface area contributed by atoms with E-state index >= 15 is 4.39 Å². The van der Waals surface area contributed by atoms with E-state index < -0.39 is 47.2 Å². The number of aromatic nitrogens is 2. The number of nitrogens with one attached hydrogen (secondary N) is 2. The van der Waals surface area contributed by atoms with Gasteiger partial charge in [0.1, 0.15) is 17.9 Å². The number of alkyl halides is 2. The van der Waals surface area contributed by atoms with Crippen LogP contribution in [-0.2, 0) is 9.59 Å². The topological polar surface area (TPSA) is 139 Å². The lowest BCUT2D eigenvalue weighted by Crippen LogP contribution is -2.70. The van der Waals surface area contributed by atoms with Gasteiger partial charge in [-0.2, -0.15) is 0 Å². The highest BCUT2D eigenvalue weighted by Gasteiger charge is 2.54. The number of carbonyl (C=O) groups excluding carboxylic acids is 3. The van der Waals surface area contributed by atoms with Gasteiger partial charge in [-0.05, 0) is 31.0 Å². The van der Waals surface area contributed by atoms with Crippen LogP contribution < -0.4 is 16.4 Å². The maximum Gasteiger partial charge on any atom is 0.252 e. The molecule has 11 heteroatoms. The fourth-order valence-corrected chi connectivity index (χ4v) is 4.98. The summed E-state index contributed by atoms with van der Waals surface area (Å²) in [5, 5.41) is 15.3. The number of aliphatic hydroxyl groups excluding tert-OH is 1. The zero-order valence-corrected chi connectivity index (χ0v) is 19.1. The highest BCUT2D eigenvalue weighted by molar-refractivity contribution is 5.98. The second kappa shape index (κ2) is 9.73. The quantitative estimate of drug-likeness (QED) is 0.423. The van der Waals surface area contributed by atoms with Gasteiger partial charge >= 0.3 is 0 Å². The highest BCUT2D eigenvalue weighted by atomic mass is 19.1. The third-order valence-corrected chi connectivity index (χ3v) is 6.94. The molecule has 9 nitrogen and oxygen atoms in total. The van der Waals surface area contributed by atoms with Gasteiger partial charge < -0.3 is 26.0 Å². The number of nitrogens with zero attached hydrogens (tertiary/aromatic N) is 2. The Morgan fingerprint density at radius 2 is 1.97 bits per heavy atom. The second-order valence-corrected chi connectivity index (χ2v) is 9.56. The number of rotatable bonds is 9. The SMILES string of the molecule is NC(=O)C(O)C1(NC(=O)[C@H](CC2(F)CCCC2)NC(=O)c2cccc(-n3ccnc3)c2)CC(F)C1. The van der Waals surface area contributed by atoms with E-state index in [9.17, 15) is 23.9 Å². The van der Waals surface area contributed by atoms with Crippen LogP contribution in [0.15, 0.2) is 43.0 Å². The van der Waals surface area contributed by atoms with Gasteiger partial charge in [0.25, 0.3) is 5.91 Å². The summed E-state index contributed by atoms with van der Waals surface area (Å²) in [6.45, 7) is 0. The minimum atomic E-state index is -1.81. The molecule has 0 aliphatic heterocycles. The Morgan fingerprint density at radius 1 is 1.26 bits per heavy atom. The predicted molar refractivity (Wildman–Crippen MR) is 122 cm³/mol. The number of hydrogen-bond acceptors (Lipinski definition) is 5. The Kier molecular flexibility index (Phi) is 6.88. The Bertz CT molecular complexity index is 1080. The van der Waals surface area contributed by atoms with Gasteiger partial charge in [0, 0.05) is 42.9 Å². The molecule has 1 unspecified atom stereocenters. The minimum Gasteiger partial charge on any atom is -0.381 e. The molecule has 1 aromatic carbocycles. The zero-order chi connectivity index (χ0) is 25.2.